The molecule has 0 heterocycles. The molecule has 7 nitrogen and oxygen atoms in total. The van der Waals surface area contributed by atoms with Crippen molar-refractivity contribution in [2.45, 2.75) is 39.3 Å². The second kappa shape index (κ2) is 8.49. The molecule has 1 aliphatic carbocycles. The number of carboxylic acids is 1. The van der Waals surface area contributed by atoms with Crippen molar-refractivity contribution in [2.75, 3.05) is 0 Å². The Morgan fingerprint density at radius 1 is 0.933 bits per heavy atom. The van der Waals surface area contributed by atoms with Gasteiger partial charge in [0, 0.05) is 22.3 Å². The van der Waals surface area contributed by atoms with Crippen LogP contribution in [0.15, 0.2) is 42.5 Å². The summed E-state index contributed by atoms with van der Waals surface area (Å²) in [6.07, 6.45) is 0.585. The zero-order chi connectivity index (χ0) is 22.0. The highest BCUT2D eigenvalue weighted by Crippen LogP contribution is 2.38. The Morgan fingerprint density at radius 3 is 2.20 bits per heavy atom. The summed E-state index contributed by atoms with van der Waals surface area (Å²) in [5.41, 5.74) is 2.51. The monoisotopic (exact) mass is 408 g/mol. The van der Waals surface area contributed by atoms with Gasteiger partial charge in [0.1, 0.15) is 12.1 Å². The molecule has 2 aromatic carbocycles. The molecule has 7 heteroatoms. The number of benzene rings is 2. The minimum Gasteiger partial charge on any atom is -0.480 e. The van der Waals surface area contributed by atoms with E-state index in [1.165, 1.54) is 6.92 Å². The van der Waals surface area contributed by atoms with Gasteiger partial charge in [-0.3, -0.25) is 14.4 Å². The average Bonchev–Trinajstić information content (AvgIpc) is 3.03. The smallest absolute Gasteiger partial charge is 0.326 e. The highest BCUT2D eigenvalue weighted by molar-refractivity contribution is 6.24. The van der Waals surface area contributed by atoms with Crippen molar-refractivity contribution < 1.29 is 24.3 Å². The number of amides is 2. The van der Waals surface area contributed by atoms with Crippen molar-refractivity contribution in [1.29, 1.82) is 0 Å². The van der Waals surface area contributed by atoms with Gasteiger partial charge in [0.05, 0.1) is 0 Å². The van der Waals surface area contributed by atoms with Crippen LogP contribution in [-0.2, 0) is 9.59 Å². The highest BCUT2D eigenvalue weighted by Gasteiger charge is 2.32. The first-order chi connectivity index (χ1) is 14.3. The Morgan fingerprint density at radius 2 is 1.57 bits per heavy atom. The molecule has 2 aromatic rings. The lowest BCUT2D eigenvalue weighted by molar-refractivity contribution is -0.143. The van der Waals surface area contributed by atoms with E-state index in [2.05, 4.69) is 10.6 Å². The van der Waals surface area contributed by atoms with Crippen molar-refractivity contribution in [1.82, 2.24) is 10.6 Å². The number of nitrogens with one attached hydrogen (secondary N) is 2. The van der Waals surface area contributed by atoms with Crippen molar-refractivity contribution in [3.05, 3.63) is 59.2 Å². The van der Waals surface area contributed by atoms with Crippen LogP contribution in [-0.4, -0.2) is 40.8 Å². The molecule has 1 aliphatic rings. The minimum atomic E-state index is -1.12. The summed E-state index contributed by atoms with van der Waals surface area (Å²) in [6.45, 7) is 5.07. The predicted molar refractivity (Wildman–Crippen MR) is 111 cm³/mol. The summed E-state index contributed by atoms with van der Waals surface area (Å²) in [5, 5.41) is 14.5. The molecule has 0 saturated heterocycles. The molecule has 0 fully saturated rings. The number of carboxylic acid groups (broad SMARTS) is 1. The number of rotatable bonds is 7. The first-order valence-corrected chi connectivity index (χ1v) is 9.87. The topological polar surface area (TPSA) is 113 Å². The van der Waals surface area contributed by atoms with Gasteiger partial charge in [0.15, 0.2) is 5.78 Å². The summed E-state index contributed by atoms with van der Waals surface area (Å²) in [7, 11) is 0. The number of ketones is 1. The van der Waals surface area contributed by atoms with Gasteiger partial charge in [-0.25, -0.2) is 4.79 Å². The molecular formula is C23H24N2O5. The zero-order valence-electron chi connectivity index (χ0n) is 17.1. The second-order valence-electron chi connectivity index (χ2n) is 7.51. The molecular weight excluding hydrogens is 384 g/mol. The van der Waals surface area contributed by atoms with Crippen LogP contribution in [0.2, 0.25) is 0 Å². The van der Waals surface area contributed by atoms with Crippen LogP contribution in [0.4, 0.5) is 0 Å². The van der Waals surface area contributed by atoms with E-state index in [1.54, 1.807) is 49.4 Å². The van der Waals surface area contributed by atoms with E-state index in [4.69, 9.17) is 0 Å². The van der Waals surface area contributed by atoms with Crippen LogP contribution in [0.1, 0.15) is 53.5 Å². The normalized spacial score (nSPS) is 14.8. The molecule has 0 radical (unpaired) electrons. The number of hydrogen-bond donors (Lipinski definition) is 3. The second-order valence-corrected chi connectivity index (χ2v) is 7.51. The Kier molecular flexibility index (Phi) is 6.01. The summed E-state index contributed by atoms with van der Waals surface area (Å²) in [6, 6.07) is 10.00. The Hall–Kier alpha value is -3.48. The molecule has 30 heavy (non-hydrogen) atoms. The molecule has 0 aliphatic heterocycles. The average molecular weight is 408 g/mol. The van der Waals surface area contributed by atoms with Gasteiger partial charge in [-0.2, -0.15) is 0 Å². The fourth-order valence-corrected chi connectivity index (χ4v) is 3.57. The number of carbonyl (C=O) groups is 4. The van der Waals surface area contributed by atoms with Crippen LogP contribution in [0.3, 0.4) is 0 Å². The van der Waals surface area contributed by atoms with Gasteiger partial charge < -0.3 is 15.7 Å². The molecule has 3 unspecified atom stereocenters. The molecule has 0 aromatic heterocycles. The number of hydrogen-bond acceptors (Lipinski definition) is 4. The molecule has 0 bridgehead atoms. The van der Waals surface area contributed by atoms with E-state index in [-0.39, 0.29) is 11.7 Å². The molecule has 3 rings (SSSR count). The summed E-state index contributed by atoms with van der Waals surface area (Å²) in [4.78, 5) is 49.5. The summed E-state index contributed by atoms with van der Waals surface area (Å²) >= 11 is 0. The third-order valence-electron chi connectivity index (χ3n) is 5.51. The lowest BCUT2D eigenvalue weighted by Crippen LogP contribution is -2.52. The standard InChI is InChI=1S/C23H24N2O5/c1-4-12(2)19(23(29)30)25-21(27)13(3)24-22(28)17-11-7-10-16-18(17)14-8-5-6-9-15(14)20(16)26/h5-13,19H,4H2,1-3H3,(H,24,28)(H,25,27)(H,29,30). The zero-order valence-corrected chi connectivity index (χ0v) is 17.1. The quantitative estimate of drug-likeness (QED) is 0.556. The lowest BCUT2D eigenvalue weighted by atomic mass is 9.98. The maximum absolute atomic E-state index is 12.9. The van der Waals surface area contributed by atoms with Crippen LogP contribution in [0, 0.1) is 5.92 Å². The summed E-state index contributed by atoms with van der Waals surface area (Å²) in [5.74, 6) is -2.60. The first kappa shape index (κ1) is 21.2. The van der Waals surface area contributed by atoms with Gasteiger partial charge in [0.2, 0.25) is 5.91 Å². The molecule has 156 valence electrons. The van der Waals surface area contributed by atoms with Crippen LogP contribution >= 0.6 is 0 Å². The Labute approximate surface area is 174 Å². The van der Waals surface area contributed by atoms with E-state index in [0.717, 1.165) is 0 Å². The van der Waals surface area contributed by atoms with Crippen molar-refractivity contribution in [3.8, 4) is 11.1 Å². The number of carbonyl (C=O) groups excluding carboxylic acids is 3. The summed E-state index contributed by atoms with van der Waals surface area (Å²) < 4.78 is 0. The Balaban J connectivity index is 1.81. The van der Waals surface area contributed by atoms with Crippen molar-refractivity contribution in [3.63, 3.8) is 0 Å². The number of aliphatic carboxylic acids is 1. The van der Waals surface area contributed by atoms with E-state index in [0.29, 0.717) is 34.2 Å². The third-order valence-corrected chi connectivity index (χ3v) is 5.51. The minimum absolute atomic E-state index is 0.140. The Bertz CT molecular complexity index is 1030. The number of fused-ring (bicyclic) bond motifs is 3. The van der Waals surface area contributed by atoms with Crippen LogP contribution < -0.4 is 10.6 Å². The maximum atomic E-state index is 12.9. The predicted octanol–water partition coefficient (Wildman–Crippen LogP) is 2.63. The van der Waals surface area contributed by atoms with Crippen LogP contribution in [0.5, 0.6) is 0 Å². The van der Waals surface area contributed by atoms with Gasteiger partial charge in [-0.1, -0.05) is 56.7 Å². The van der Waals surface area contributed by atoms with Crippen molar-refractivity contribution in [2.24, 2.45) is 5.92 Å². The molecule has 0 saturated carbocycles. The van der Waals surface area contributed by atoms with E-state index in [1.807, 2.05) is 6.92 Å². The first-order valence-electron chi connectivity index (χ1n) is 9.87. The van der Waals surface area contributed by atoms with Gasteiger partial charge >= 0.3 is 5.97 Å². The molecule has 3 atom stereocenters. The van der Waals surface area contributed by atoms with E-state index < -0.39 is 29.9 Å². The lowest BCUT2D eigenvalue weighted by Gasteiger charge is -2.23. The van der Waals surface area contributed by atoms with Gasteiger partial charge in [0.25, 0.3) is 5.91 Å². The van der Waals surface area contributed by atoms with E-state index in [9.17, 15) is 24.3 Å². The molecule has 2 amide bonds. The fraction of sp³-hybridized carbons (Fsp3) is 0.304. The third kappa shape index (κ3) is 3.83. The molecule has 0 spiro atoms. The van der Waals surface area contributed by atoms with Gasteiger partial charge in [-0.15, -0.1) is 0 Å². The SMILES string of the molecule is CCC(C)C(NC(=O)C(C)NC(=O)c1cccc2c1-c1ccccc1C2=O)C(=O)O. The molecule has 3 N–H and O–H groups in total. The van der Waals surface area contributed by atoms with Crippen molar-refractivity contribution >= 4 is 23.6 Å². The highest BCUT2D eigenvalue weighted by atomic mass is 16.4. The van der Waals surface area contributed by atoms with Gasteiger partial charge in [-0.05, 0) is 24.5 Å². The maximum Gasteiger partial charge on any atom is 0.326 e. The van der Waals surface area contributed by atoms with Crippen LogP contribution in [0.25, 0.3) is 11.1 Å². The largest absolute Gasteiger partial charge is 0.480 e. The van der Waals surface area contributed by atoms with E-state index >= 15 is 0 Å². The fourth-order valence-electron chi connectivity index (χ4n) is 3.57.